The van der Waals surface area contributed by atoms with Crippen LogP contribution < -0.4 is 4.74 Å². The number of tetrazole rings is 1. The van der Waals surface area contributed by atoms with E-state index in [1.807, 2.05) is 24.3 Å². The fraction of sp³-hybridized carbons (Fsp3) is 0.167. The number of benzene rings is 2. The molecule has 28 heavy (non-hydrogen) atoms. The molecule has 0 radical (unpaired) electrons. The second kappa shape index (κ2) is 6.64. The quantitative estimate of drug-likeness (QED) is 0.711. The zero-order chi connectivity index (χ0) is 19.9. The molecule has 0 spiro atoms. The lowest BCUT2D eigenvalue weighted by Gasteiger charge is -2.27. The summed E-state index contributed by atoms with van der Waals surface area (Å²) in [4.78, 5) is 1.36. The van der Waals surface area contributed by atoms with Crippen LogP contribution in [0.4, 0.5) is 0 Å². The SMILES string of the molecule is COc1ccc(Cn2nnc(C3=C(O)c4ccccc4S(=O)(=O)N3C)n2)cc1. The molecule has 9 nitrogen and oxygen atoms in total. The average Bonchev–Trinajstić information content (AvgIpc) is 3.15. The van der Waals surface area contributed by atoms with Gasteiger partial charge in [0, 0.05) is 12.6 Å². The molecule has 2 heterocycles. The molecule has 0 bridgehead atoms. The van der Waals surface area contributed by atoms with Gasteiger partial charge in [-0.15, -0.1) is 10.2 Å². The Labute approximate surface area is 161 Å². The fourth-order valence-electron chi connectivity index (χ4n) is 2.98. The monoisotopic (exact) mass is 399 g/mol. The van der Waals surface area contributed by atoms with Gasteiger partial charge in [-0.25, -0.2) is 8.42 Å². The lowest BCUT2D eigenvalue weighted by atomic mass is 10.1. The maximum Gasteiger partial charge on any atom is 0.265 e. The van der Waals surface area contributed by atoms with E-state index in [1.165, 1.54) is 24.0 Å². The molecule has 144 valence electrons. The van der Waals surface area contributed by atoms with E-state index in [-0.39, 0.29) is 27.7 Å². The predicted octanol–water partition coefficient (Wildman–Crippen LogP) is 1.75. The van der Waals surface area contributed by atoms with Crippen molar-refractivity contribution < 1.29 is 18.3 Å². The Balaban J connectivity index is 1.71. The number of rotatable bonds is 4. The summed E-state index contributed by atoms with van der Waals surface area (Å²) in [7, 11) is -0.885. The third-order valence-corrected chi connectivity index (χ3v) is 6.28. The molecule has 10 heteroatoms. The third kappa shape index (κ3) is 2.87. The molecule has 0 unspecified atom stereocenters. The summed E-state index contributed by atoms with van der Waals surface area (Å²) in [6.45, 7) is 0.331. The molecule has 1 aliphatic heterocycles. The van der Waals surface area contributed by atoms with E-state index in [0.717, 1.165) is 15.6 Å². The van der Waals surface area contributed by atoms with Crippen molar-refractivity contribution in [2.75, 3.05) is 14.2 Å². The van der Waals surface area contributed by atoms with E-state index in [2.05, 4.69) is 15.4 Å². The predicted molar refractivity (Wildman–Crippen MR) is 101 cm³/mol. The number of aliphatic hydroxyl groups is 1. The summed E-state index contributed by atoms with van der Waals surface area (Å²) < 4.78 is 31.7. The Morgan fingerprint density at radius 1 is 1.11 bits per heavy atom. The second-order valence-corrected chi connectivity index (χ2v) is 8.10. The smallest absolute Gasteiger partial charge is 0.265 e. The van der Waals surface area contributed by atoms with Crippen LogP contribution in [0.5, 0.6) is 5.75 Å². The zero-order valence-electron chi connectivity index (χ0n) is 15.1. The lowest BCUT2D eigenvalue weighted by Crippen LogP contribution is -2.31. The van der Waals surface area contributed by atoms with E-state index in [1.54, 1.807) is 19.2 Å². The standard InChI is InChI=1S/C18H17N5O4S/c1-22-16(17(24)14-5-3-4-6-15(14)28(22,25)26)18-19-21-23(20-18)11-12-7-9-13(27-2)10-8-12/h3-10,24H,11H2,1-2H3. The van der Waals surface area contributed by atoms with Crippen LogP contribution in [0, 0.1) is 0 Å². The average molecular weight is 399 g/mol. The summed E-state index contributed by atoms with van der Waals surface area (Å²) in [5, 5.41) is 22.8. The molecule has 0 fully saturated rings. The molecule has 0 saturated heterocycles. The second-order valence-electron chi connectivity index (χ2n) is 6.16. The van der Waals surface area contributed by atoms with Crippen molar-refractivity contribution in [1.29, 1.82) is 0 Å². The summed E-state index contributed by atoms with van der Waals surface area (Å²) in [5.74, 6) is 0.544. The molecule has 0 atom stereocenters. The molecule has 1 N–H and O–H groups in total. The van der Waals surface area contributed by atoms with Crippen LogP contribution in [0.25, 0.3) is 11.5 Å². The lowest BCUT2D eigenvalue weighted by molar-refractivity contribution is 0.414. The van der Waals surface area contributed by atoms with Crippen LogP contribution in [-0.4, -0.2) is 52.2 Å². The van der Waals surface area contributed by atoms with Crippen LogP contribution in [-0.2, 0) is 16.6 Å². The summed E-state index contributed by atoms with van der Waals surface area (Å²) in [6, 6.07) is 13.6. The minimum atomic E-state index is -3.82. The Bertz CT molecular complexity index is 1170. The minimum Gasteiger partial charge on any atom is -0.505 e. The number of fused-ring (bicyclic) bond motifs is 1. The first-order valence-electron chi connectivity index (χ1n) is 8.34. The van der Waals surface area contributed by atoms with E-state index < -0.39 is 10.0 Å². The first kappa shape index (κ1) is 18.0. The number of aliphatic hydroxyl groups excluding tert-OH is 1. The fourth-order valence-corrected chi connectivity index (χ4v) is 4.37. The molecular formula is C18H17N5O4S. The van der Waals surface area contributed by atoms with Gasteiger partial charge in [-0.2, -0.15) is 4.80 Å². The normalized spacial score (nSPS) is 15.4. The summed E-state index contributed by atoms with van der Waals surface area (Å²) >= 11 is 0. The van der Waals surface area contributed by atoms with Gasteiger partial charge in [0.1, 0.15) is 11.4 Å². The highest BCUT2D eigenvalue weighted by molar-refractivity contribution is 7.89. The molecule has 1 aromatic heterocycles. The molecule has 0 saturated carbocycles. The van der Waals surface area contributed by atoms with Gasteiger partial charge in [-0.3, -0.25) is 4.31 Å². The molecule has 2 aromatic carbocycles. The van der Waals surface area contributed by atoms with Gasteiger partial charge in [0.2, 0.25) is 5.82 Å². The van der Waals surface area contributed by atoms with Gasteiger partial charge in [0.25, 0.3) is 10.0 Å². The largest absolute Gasteiger partial charge is 0.505 e. The highest BCUT2D eigenvalue weighted by atomic mass is 32.2. The maximum absolute atomic E-state index is 12.8. The number of nitrogens with zero attached hydrogens (tertiary/aromatic N) is 5. The summed E-state index contributed by atoms with van der Waals surface area (Å²) in [5.41, 5.74) is 1.11. The molecular weight excluding hydrogens is 382 g/mol. The first-order chi connectivity index (χ1) is 13.4. The number of hydrogen-bond acceptors (Lipinski definition) is 7. The number of ether oxygens (including phenoxy) is 1. The van der Waals surface area contributed by atoms with Gasteiger partial charge in [0.05, 0.1) is 18.6 Å². The number of sulfonamides is 1. The van der Waals surface area contributed by atoms with Crippen LogP contribution in [0.15, 0.2) is 53.4 Å². The van der Waals surface area contributed by atoms with Crippen molar-refractivity contribution in [2.45, 2.75) is 11.4 Å². The molecule has 0 aliphatic carbocycles. The topological polar surface area (TPSA) is 110 Å². The molecule has 0 amide bonds. The molecule has 4 rings (SSSR count). The Hall–Kier alpha value is -3.40. The van der Waals surface area contributed by atoms with Crippen molar-refractivity contribution in [1.82, 2.24) is 24.5 Å². The van der Waals surface area contributed by atoms with Gasteiger partial charge in [-0.1, -0.05) is 24.3 Å². The van der Waals surface area contributed by atoms with Crippen molar-refractivity contribution >= 4 is 21.5 Å². The van der Waals surface area contributed by atoms with Gasteiger partial charge < -0.3 is 9.84 Å². The number of methoxy groups -OCH3 is 1. The van der Waals surface area contributed by atoms with E-state index in [9.17, 15) is 13.5 Å². The Morgan fingerprint density at radius 2 is 1.82 bits per heavy atom. The number of hydrogen-bond donors (Lipinski definition) is 1. The van der Waals surface area contributed by atoms with E-state index >= 15 is 0 Å². The van der Waals surface area contributed by atoms with Crippen LogP contribution >= 0.6 is 0 Å². The van der Waals surface area contributed by atoms with Gasteiger partial charge in [0.15, 0.2) is 5.76 Å². The van der Waals surface area contributed by atoms with Crippen LogP contribution in [0.2, 0.25) is 0 Å². The third-order valence-electron chi connectivity index (χ3n) is 4.47. The first-order valence-corrected chi connectivity index (χ1v) is 9.78. The Kier molecular flexibility index (Phi) is 4.27. The van der Waals surface area contributed by atoms with Crippen molar-refractivity contribution in [2.24, 2.45) is 0 Å². The van der Waals surface area contributed by atoms with Crippen molar-refractivity contribution in [3.8, 4) is 5.75 Å². The van der Waals surface area contributed by atoms with Crippen molar-refractivity contribution in [3.05, 3.63) is 65.5 Å². The molecule has 3 aromatic rings. The van der Waals surface area contributed by atoms with Crippen molar-refractivity contribution in [3.63, 3.8) is 0 Å². The van der Waals surface area contributed by atoms with Crippen LogP contribution in [0.1, 0.15) is 17.0 Å². The van der Waals surface area contributed by atoms with E-state index in [0.29, 0.717) is 6.54 Å². The number of aromatic nitrogens is 4. The van der Waals surface area contributed by atoms with Crippen LogP contribution in [0.3, 0.4) is 0 Å². The maximum atomic E-state index is 12.8. The zero-order valence-corrected chi connectivity index (χ0v) is 16.0. The minimum absolute atomic E-state index is 0.0142. The highest BCUT2D eigenvalue weighted by Crippen LogP contribution is 2.37. The van der Waals surface area contributed by atoms with E-state index in [4.69, 9.17) is 4.74 Å². The Morgan fingerprint density at radius 3 is 2.54 bits per heavy atom. The summed E-state index contributed by atoms with van der Waals surface area (Å²) in [6.07, 6.45) is 0. The van der Waals surface area contributed by atoms with Gasteiger partial charge in [-0.05, 0) is 35.0 Å². The highest BCUT2D eigenvalue weighted by Gasteiger charge is 2.37. The van der Waals surface area contributed by atoms with Gasteiger partial charge >= 0.3 is 0 Å². The molecule has 1 aliphatic rings.